The van der Waals surface area contributed by atoms with Crippen LogP contribution in [0.5, 0.6) is 0 Å². The summed E-state index contributed by atoms with van der Waals surface area (Å²) in [4.78, 5) is 30.9. The summed E-state index contributed by atoms with van der Waals surface area (Å²) in [7, 11) is 1.75. The molecule has 168 valence electrons. The quantitative estimate of drug-likeness (QED) is 0.502. The van der Waals surface area contributed by atoms with E-state index in [1.54, 1.807) is 53.2 Å². The van der Waals surface area contributed by atoms with Crippen LogP contribution in [0.3, 0.4) is 0 Å². The summed E-state index contributed by atoms with van der Waals surface area (Å²) in [5.41, 5.74) is 2.71. The van der Waals surface area contributed by atoms with Crippen LogP contribution in [0, 0.1) is 11.6 Å². The van der Waals surface area contributed by atoms with Crippen molar-refractivity contribution in [3.8, 4) is 0 Å². The highest BCUT2D eigenvalue weighted by atomic mass is 19.1. The van der Waals surface area contributed by atoms with Crippen LogP contribution < -0.4 is 5.32 Å². The van der Waals surface area contributed by atoms with Crippen molar-refractivity contribution in [3.63, 3.8) is 0 Å². The van der Waals surface area contributed by atoms with E-state index >= 15 is 0 Å². The van der Waals surface area contributed by atoms with E-state index in [0.29, 0.717) is 34.4 Å². The first-order chi connectivity index (χ1) is 15.9. The van der Waals surface area contributed by atoms with E-state index < -0.39 is 11.7 Å². The minimum atomic E-state index is -0.701. The molecule has 0 bridgehead atoms. The summed E-state index contributed by atoms with van der Waals surface area (Å²) in [6, 6.07) is 12.1. The number of nitrogens with zero attached hydrogens (tertiary/aromatic N) is 3. The van der Waals surface area contributed by atoms with E-state index in [9.17, 15) is 18.4 Å². The van der Waals surface area contributed by atoms with Crippen molar-refractivity contribution in [2.24, 2.45) is 7.05 Å². The number of aromatic amines is 1. The highest BCUT2D eigenvalue weighted by Crippen LogP contribution is 2.29. The van der Waals surface area contributed by atoms with Crippen molar-refractivity contribution < 1.29 is 18.4 Å². The van der Waals surface area contributed by atoms with Gasteiger partial charge in [-0.05, 0) is 30.3 Å². The van der Waals surface area contributed by atoms with Gasteiger partial charge in [-0.2, -0.15) is 5.10 Å². The number of hydrogen-bond donors (Lipinski definition) is 2. The Morgan fingerprint density at radius 1 is 1.18 bits per heavy atom. The predicted octanol–water partition coefficient (Wildman–Crippen LogP) is 3.24. The first kappa shape index (κ1) is 20.9. The number of aromatic nitrogens is 3. The number of benzene rings is 2. The number of amides is 2. The Balaban J connectivity index is 1.39. The molecule has 0 spiro atoms. The smallest absolute Gasteiger partial charge is 0.270 e. The Kier molecular flexibility index (Phi) is 5.16. The maximum absolute atomic E-state index is 13.9. The molecule has 9 heteroatoms. The van der Waals surface area contributed by atoms with Gasteiger partial charge in [0.2, 0.25) is 5.91 Å². The Morgan fingerprint density at radius 3 is 2.82 bits per heavy atom. The lowest BCUT2D eigenvalue weighted by Crippen LogP contribution is -2.43. The molecular formula is C24H21F2N5O2. The lowest BCUT2D eigenvalue weighted by Gasteiger charge is -2.31. The van der Waals surface area contributed by atoms with Crippen LogP contribution in [0.2, 0.25) is 0 Å². The molecule has 4 aromatic rings. The molecule has 1 atom stereocenters. The SMILES string of the molecule is Cn1cc2c(n1)C(C(=O)NCc1ccccc1F)CN(C(=O)c1cc3cc(F)ccc3[nH]1)C2. The van der Waals surface area contributed by atoms with E-state index in [2.05, 4.69) is 15.4 Å². The van der Waals surface area contributed by atoms with Gasteiger partial charge in [0.25, 0.3) is 5.91 Å². The zero-order valence-corrected chi connectivity index (χ0v) is 17.8. The molecule has 1 aliphatic rings. The normalized spacial score (nSPS) is 15.5. The summed E-state index contributed by atoms with van der Waals surface area (Å²) >= 11 is 0. The maximum Gasteiger partial charge on any atom is 0.270 e. The molecule has 0 radical (unpaired) electrons. The van der Waals surface area contributed by atoms with E-state index in [1.807, 2.05) is 0 Å². The summed E-state index contributed by atoms with van der Waals surface area (Å²) in [6.07, 6.45) is 1.78. The monoisotopic (exact) mass is 449 g/mol. The number of carbonyl (C=O) groups is 2. The molecule has 3 heterocycles. The maximum atomic E-state index is 13.9. The molecule has 2 amide bonds. The topological polar surface area (TPSA) is 83.0 Å². The number of aryl methyl sites for hydroxylation is 1. The highest BCUT2D eigenvalue weighted by molar-refractivity contribution is 5.98. The highest BCUT2D eigenvalue weighted by Gasteiger charge is 2.35. The number of nitrogens with one attached hydrogen (secondary N) is 2. The lowest BCUT2D eigenvalue weighted by molar-refractivity contribution is -0.123. The van der Waals surface area contributed by atoms with Gasteiger partial charge < -0.3 is 15.2 Å². The van der Waals surface area contributed by atoms with Gasteiger partial charge in [-0.25, -0.2) is 8.78 Å². The summed E-state index contributed by atoms with van der Waals surface area (Å²) in [6.45, 7) is 0.449. The first-order valence-electron chi connectivity index (χ1n) is 10.5. The minimum Gasteiger partial charge on any atom is -0.351 e. The van der Waals surface area contributed by atoms with Gasteiger partial charge in [0.05, 0.1) is 11.6 Å². The number of fused-ring (bicyclic) bond motifs is 2. The second-order valence-corrected chi connectivity index (χ2v) is 8.18. The minimum absolute atomic E-state index is 0.0334. The zero-order valence-electron chi connectivity index (χ0n) is 17.8. The van der Waals surface area contributed by atoms with Crippen molar-refractivity contribution in [2.45, 2.75) is 19.0 Å². The molecule has 33 heavy (non-hydrogen) atoms. The third kappa shape index (κ3) is 3.97. The zero-order chi connectivity index (χ0) is 23.1. The van der Waals surface area contributed by atoms with Gasteiger partial charge in [0.1, 0.15) is 17.3 Å². The molecule has 2 N–H and O–H groups in total. The molecule has 0 aliphatic carbocycles. The number of carbonyl (C=O) groups excluding carboxylic acids is 2. The first-order valence-corrected chi connectivity index (χ1v) is 10.5. The van der Waals surface area contributed by atoms with E-state index in [4.69, 9.17) is 0 Å². The molecule has 1 aliphatic heterocycles. The second kappa shape index (κ2) is 8.16. The van der Waals surface area contributed by atoms with Gasteiger partial charge in [0.15, 0.2) is 0 Å². The summed E-state index contributed by atoms with van der Waals surface area (Å²) < 4.78 is 29.1. The molecule has 2 aromatic carbocycles. The fraction of sp³-hybridized carbons (Fsp3) is 0.208. The summed E-state index contributed by atoms with van der Waals surface area (Å²) in [5.74, 6) is -2.12. The fourth-order valence-corrected chi connectivity index (χ4v) is 4.25. The van der Waals surface area contributed by atoms with Gasteiger partial charge >= 0.3 is 0 Å². The van der Waals surface area contributed by atoms with E-state index in [1.165, 1.54) is 18.2 Å². The fourth-order valence-electron chi connectivity index (χ4n) is 4.25. The lowest BCUT2D eigenvalue weighted by atomic mass is 9.95. The Morgan fingerprint density at radius 2 is 2.00 bits per heavy atom. The molecule has 7 nitrogen and oxygen atoms in total. The summed E-state index contributed by atoms with van der Waals surface area (Å²) in [5, 5.41) is 7.80. The Hall–Kier alpha value is -4.01. The molecule has 1 unspecified atom stereocenters. The number of halogens is 2. The number of rotatable bonds is 4. The van der Waals surface area contributed by atoms with Crippen LogP contribution in [-0.2, 0) is 24.9 Å². The third-order valence-electron chi connectivity index (χ3n) is 5.86. The molecule has 5 rings (SSSR count). The van der Waals surface area contributed by atoms with Crippen molar-refractivity contribution in [2.75, 3.05) is 6.54 Å². The van der Waals surface area contributed by atoms with Gasteiger partial charge in [-0.1, -0.05) is 18.2 Å². The Labute approximate surface area is 188 Å². The molecular weight excluding hydrogens is 428 g/mol. The van der Waals surface area contributed by atoms with E-state index in [-0.39, 0.29) is 30.7 Å². The average molecular weight is 449 g/mol. The van der Waals surface area contributed by atoms with Crippen LogP contribution in [0.25, 0.3) is 10.9 Å². The van der Waals surface area contributed by atoms with Crippen molar-refractivity contribution in [1.82, 2.24) is 25.0 Å². The average Bonchev–Trinajstić information content (AvgIpc) is 3.39. The second-order valence-electron chi connectivity index (χ2n) is 8.18. The van der Waals surface area contributed by atoms with Gasteiger partial charge in [-0.15, -0.1) is 0 Å². The largest absolute Gasteiger partial charge is 0.351 e. The van der Waals surface area contributed by atoms with Crippen molar-refractivity contribution in [3.05, 3.63) is 88.9 Å². The van der Waals surface area contributed by atoms with Crippen molar-refractivity contribution in [1.29, 1.82) is 0 Å². The molecule has 0 saturated carbocycles. The molecule has 2 aromatic heterocycles. The van der Waals surface area contributed by atoms with Crippen LogP contribution in [0.1, 0.15) is 33.2 Å². The van der Waals surface area contributed by atoms with Crippen molar-refractivity contribution >= 4 is 22.7 Å². The molecule has 0 saturated heterocycles. The number of hydrogen-bond acceptors (Lipinski definition) is 3. The Bertz CT molecular complexity index is 1380. The van der Waals surface area contributed by atoms with Crippen LogP contribution in [0.4, 0.5) is 8.78 Å². The predicted molar refractivity (Wildman–Crippen MR) is 117 cm³/mol. The van der Waals surface area contributed by atoms with Crippen LogP contribution in [0.15, 0.2) is 54.7 Å². The van der Waals surface area contributed by atoms with Gasteiger partial charge in [-0.3, -0.25) is 14.3 Å². The van der Waals surface area contributed by atoms with Crippen LogP contribution >= 0.6 is 0 Å². The number of H-pyrrole nitrogens is 1. The standard InChI is InChI=1S/C24H21F2N5O2/c1-30-11-16-12-31(24(33)21-9-15-8-17(25)6-7-20(15)28-21)13-18(22(16)29-30)23(32)27-10-14-4-2-3-5-19(14)26/h2-9,11,18,28H,10,12-13H2,1H3,(H,27,32). The molecule has 0 fully saturated rings. The van der Waals surface area contributed by atoms with Crippen LogP contribution in [-0.4, -0.2) is 38.0 Å². The van der Waals surface area contributed by atoms with Gasteiger partial charge in [0, 0.05) is 54.9 Å². The third-order valence-corrected chi connectivity index (χ3v) is 5.86. The van der Waals surface area contributed by atoms with E-state index in [0.717, 1.165) is 5.56 Å².